The van der Waals surface area contributed by atoms with Gasteiger partial charge in [0.1, 0.15) is 5.82 Å². The summed E-state index contributed by atoms with van der Waals surface area (Å²) in [7, 11) is 0. The highest BCUT2D eigenvalue weighted by molar-refractivity contribution is 5.57. The Morgan fingerprint density at radius 2 is 2.17 bits per heavy atom. The van der Waals surface area contributed by atoms with Gasteiger partial charge in [-0.2, -0.15) is 13.2 Å². The minimum atomic E-state index is -4.29. The molecule has 0 aliphatic carbocycles. The maximum Gasteiger partial charge on any atom is 0.391 e. The highest BCUT2D eigenvalue weighted by atomic mass is 19.4. The topological polar surface area (TPSA) is 94.1 Å². The molecule has 6 nitrogen and oxygen atoms in total. The molecule has 18 heavy (non-hydrogen) atoms. The molecule has 0 saturated heterocycles. The van der Waals surface area contributed by atoms with Crippen LogP contribution in [0.3, 0.4) is 0 Å². The van der Waals surface area contributed by atoms with Crippen molar-refractivity contribution in [3.05, 3.63) is 22.2 Å². The van der Waals surface area contributed by atoms with Gasteiger partial charge in [0, 0.05) is 12.1 Å². The molecule has 0 aliphatic rings. The van der Waals surface area contributed by atoms with E-state index >= 15 is 0 Å². The van der Waals surface area contributed by atoms with Crippen LogP contribution in [-0.2, 0) is 0 Å². The van der Waals surface area contributed by atoms with Crippen molar-refractivity contribution in [2.75, 3.05) is 11.1 Å². The summed E-state index contributed by atoms with van der Waals surface area (Å²) < 4.78 is 36.3. The maximum absolute atomic E-state index is 12.1. The van der Waals surface area contributed by atoms with Crippen LogP contribution in [0, 0.1) is 10.1 Å². The largest absolute Gasteiger partial charge is 0.391 e. The molecule has 1 aromatic heterocycles. The van der Waals surface area contributed by atoms with Crippen LogP contribution in [0.5, 0.6) is 0 Å². The highest BCUT2D eigenvalue weighted by Crippen LogP contribution is 2.24. The molecule has 0 aliphatic heterocycles. The molecule has 9 heteroatoms. The van der Waals surface area contributed by atoms with Crippen molar-refractivity contribution in [2.24, 2.45) is 0 Å². The first kappa shape index (κ1) is 14.0. The molecule has 0 aromatic carbocycles. The van der Waals surface area contributed by atoms with E-state index < -0.39 is 23.6 Å². The van der Waals surface area contributed by atoms with Crippen LogP contribution in [0.25, 0.3) is 0 Å². The van der Waals surface area contributed by atoms with Crippen molar-refractivity contribution in [3.8, 4) is 0 Å². The minimum absolute atomic E-state index is 0.0647. The molecule has 0 spiro atoms. The van der Waals surface area contributed by atoms with Crippen molar-refractivity contribution in [1.82, 2.24) is 4.98 Å². The zero-order valence-electron chi connectivity index (χ0n) is 9.36. The number of pyridine rings is 1. The van der Waals surface area contributed by atoms with Crippen LogP contribution in [0.1, 0.15) is 13.3 Å². The monoisotopic (exact) mass is 264 g/mol. The van der Waals surface area contributed by atoms with E-state index in [0.717, 1.165) is 6.07 Å². The summed E-state index contributed by atoms with van der Waals surface area (Å²) in [6, 6.07) is 1.39. The second-order valence-electron chi connectivity index (χ2n) is 3.72. The Morgan fingerprint density at radius 1 is 1.56 bits per heavy atom. The van der Waals surface area contributed by atoms with Crippen LogP contribution in [0.15, 0.2) is 12.1 Å². The summed E-state index contributed by atoms with van der Waals surface area (Å²) in [6.45, 7) is 1.33. The zero-order valence-corrected chi connectivity index (χ0v) is 9.36. The molecular weight excluding hydrogens is 253 g/mol. The van der Waals surface area contributed by atoms with E-state index in [-0.39, 0.29) is 17.3 Å². The third-order valence-corrected chi connectivity index (χ3v) is 2.03. The summed E-state index contributed by atoms with van der Waals surface area (Å²) in [5.74, 6) is -0.279. The number of hydrogen-bond acceptors (Lipinski definition) is 5. The highest BCUT2D eigenvalue weighted by Gasteiger charge is 2.30. The number of hydrogen-bond donors (Lipinski definition) is 2. The van der Waals surface area contributed by atoms with Crippen LogP contribution in [-0.4, -0.2) is 22.1 Å². The molecule has 0 bridgehead atoms. The lowest BCUT2D eigenvalue weighted by atomic mass is 10.2. The number of nitro groups is 1. The molecule has 0 radical (unpaired) electrons. The first-order valence-electron chi connectivity index (χ1n) is 4.93. The predicted octanol–water partition coefficient (Wildman–Crippen LogP) is 2.32. The summed E-state index contributed by atoms with van der Waals surface area (Å²) in [5.41, 5.74) is 4.93. The van der Waals surface area contributed by atoms with E-state index in [2.05, 4.69) is 10.3 Å². The van der Waals surface area contributed by atoms with E-state index in [4.69, 9.17) is 5.73 Å². The molecule has 1 heterocycles. The second-order valence-corrected chi connectivity index (χ2v) is 3.72. The van der Waals surface area contributed by atoms with Crippen molar-refractivity contribution in [3.63, 3.8) is 0 Å². The third-order valence-electron chi connectivity index (χ3n) is 2.03. The molecule has 1 aromatic rings. The van der Waals surface area contributed by atoms with Crippen LogP contribution in [0.4, 0.5) is 30.5 Å². The smallest absolute Gasteiger partial charge is 0.378 e. The van der Waals surface area contributed by atoms with E-state index in [1.807, 2.05) is 0 Å². The summed E-state index contributed by atoms with van der Waals surface area (Å²) >= 11 is 0. The average Bonchev–Trinajstić information content (AvgIpc) is 2.13. The van der Waals surface area contributed by atoms with Gasteiger partial charge in [-0.15, -0.1) is 0 Å². The Labute approximate surface area is 100 Å². The molecule has 100 valence electrons. The molecule has 0 saturated carbocycles. The van der Waals surface area contributed by atoms with Crippen molar-refractivity contribution in [2.45, 2.75) is 25.6 Å². The first-order valence-corrected chi connectivity index (χ1v) is 4.93. The van der Waals surface area contributed by atoms with E-state index in [1.165, 1.54) is 13.0 Å². The summed E-state index contributed by atoms with van der Waals surface area (Å²) in [4.78, 5) is 13.4. The van der Waals surface area contributed by atoms with Crippen molar-refractivity contribution < 1.29 is 18.1 Å². The van der Waals surface area contributed by atoms with E-state index in [0.29, 0.717) is 0 Å². The molecule has 1 atom stereocenters. The molecule has 0 amide bonds. The van der Waals surface area contributed by atoms with Gasteiger partial charge in [-0.05, 0) is 13.0 Å². The Bertz CT molecular complexity index is 450. The fraction of sp³-hybridized carbons (Fsp3) is 0.444. The summed E-state index contributed by atoms with van der Waals surface area (Å²) in [5, 5.41) is 12.9. The van der Waals surface area contributed by atoms with Gasteiger partial charge in [0.05, 0.1) is 11.3 Å². The number of rotatable bonds is 4. The number of alkyl halides is 3. The lowest BCUT2D eigenvalue weighted by Crippen LogP contribution is -2.24. The molecule has 1 unspecified atom stereocenters. The summed E-state index contributed by atoms with van der Waals surface area (Å²) in [6.07, 6.45) is -5.33. The van der Waals surface area contributed by atoms with Gasteiger partial charge >= 0.3 is 11.9 Å². The van der Waals surface area contributed by atoms with Gasteiger partial charge in [-0.3, -0.25) is 10.1 Å². The zero-order chi connectivity index (χ0) is 13.9. The van der Waals surface area contributed by atoms with Crippen LogP contribution < -0.4 is 11.1 Å². The third kappa shape index (κ3) is 4.07. The molecule has 0 fully saturated rings. The molecule has 3 N–H and O–H groups in total. The van der Waals surface area contributed by atoms with Crippen molar-refractivity contribution in [1.29, 1.82) is 0 Å². The van der Waals surface area contributed by atoms with Crippen LogP contribution >= 0.6 is 0 Å². The number of halogens is 3. The van der Waals surface area contributed by atoms with Crippen LogP contribution in [0.2, 0.25) is 0 Å². The lowest BCUT2D eigenvalue weighted by molar-refractivity contribution is -0.384. The lowest BCUT2D eigenvalue weighted by Gasteiger charge is -2.16. The number of nitrogens with two attached hydrogens (primary N) is 1. The maximum atomic E-state index is 12.1. The fourth-order valence-electron chi connectivity index (χ4n) is 1.35. The second kappa shape index (κ2) is 5.07. The van der Waals surface area contributed by atoms with E-state index in [9.17, 15) is 23.3 Å². The Balaban J connectivity index is 2.75. The van der Waals surface area contributed by atoms with Gasteiger partial charge < -0.3 is 11.1 Å². The number of anilines is 2. The van der Waals surface area contributed by atoms with Gasteiger partial charge in [-0.25, -0.2) is 4.98 Å². The van der Waals surface area contributed by atoms with Crippen molar-refractivity contribution >= 4 is 17.3 Å². The number of nitrogens with one attached hydrogen (secondary N) is 1. The SMILES string of the molecule is CC(CC(F)(F)F)Nc1ccc([N+](=O)[O-])c(N)n1. The molecule has 1 rings (SSSR count). The first-order chi connectivity index (χ1) is 8.19. The number of nitrogens with zero attached hydrogens (tertiary/aromatic N) is 2. The fourth-order valence-corrected chi connectivity index (χ4v) is 1.35. The van der Waals surface area contributed by atoms with Gasteiger partial charge in [0.25, 0.3) is 0 Å². The molecular formula is C9H11F3N4O2. The minimum Gasteiger partial charge on any atom is -0.378 e. The Morgan fingerprint density at radius 3 is 2.61 bits per heavy atom. The van der Waals surface area contributed by atoms with Gasteiger partial charge in [0.15, 0.2) is 0 Å². The number of nitrogen functional groups attached to an aromatic ring is 1. The average molecular weight is 264 g/mol. The predicted molar refractivity (Wildman–Crippen MR) is 59.1 cm³/mol. The van der Waals surface area contributed by atoms with E-state index in [1.54, 1.807) is 0 Å². The normalized spacial score (nSPS) is 13.1. The quantitative estimate of drug-likeness (QED) is 0.642. The van der Waals surface area contributed by atoms with Gasteiger partial charge in [0.2, 0.25) is 5.82 Å². The Kier molecular flexibility index (Phi) is 3.94. The number of aromatic nitrogens is 1. The van der Waals surface area contributed by atoms with Gasteiger partial charge in [-0.1, -0.05) is 0 Å². The standard InChI is InChI=1S/C9H11F3N4O2/c1-5(4-9(10,11)12)14-7-3-2-6(16(17)18)8(13)15-7/h2-3,5H,4H2,1H3,(H3,13,14,15). The Hall–Kier alpha value is -2.06.